The second-order valence-corrected chi connectivity index (χ2v) is 18.8. The largest absolute Gasteiger partial charge is 0.472 e. The molecule has 2 N–H and O–H groups in total. The van der Waals surface area contributed by atoms with Crippen molar-refractivity contribution in [3.05, 3.63) is 36.5 Å². The van der Waals surface area contributed by atoms with E-state index in [0.717, 1.165) is 116 Å². The van der Waals surface area contributed by atoms with Crippen molar-refractivity contribution < 1.29 is 52.2 Å². The molecule has 3 atom stereocenters. The van der Waals surface area contributed by atoms with Crippen molar-refractivity contribution in [2.45, 2.75) is 251 Å². The molecule has 0 spiro atoms. The molecule has 374 valence electrons. The Bertz CT molecular complexity index is 1220. The van der Waals surface area contributed by atoms with Crippen LogP contribution in [-0.4, -0.2) is 66.5 Å². The van der Waals surface area contributed by atoms with Gasteiger partial charge in [-0.05, 0) is 89.9 Å². The minimum atomic E-state index is -4.74. The lowest BCUT2D eigenvalue weighted by Gasteiger charge is -2.21. The highest BCUT2D eigenvalue weighted by Crippen LogP contribution is 2.43. The van der Waals surface area contributed by atoms with Gasteiger partial charge in [-0.15, -0.1) is 0 Å². The highest BCUT2D eigenvalue weighted by Gasteiger charge is 2.28. The third-order valence-corrected chi connectivity index (χ3v) is 12.0. The zero-order valence-corrected chi connectivity index (χ0v) is 41.9. The van der Waals surface area contributed by atoms with Gasteiger partial charge in [-0.3, -0.25) is 23.4 Å². The van der Waals surface area contributed by atoms with Crippen LogP contribution in [-0.2, 0) is 42.2 Å². The number of carbonyl (C=O) groups is 3. The summed E-state index contributed by atoms with van der Waals surface area (Å²) in [5.41, 5.74) is 0. The Hall–Kier alpha value is -2.30. The summed E-state index contributed by atoms with van der Waals surface area (Å²) in [5, 5.41) is 9.76. The zero-order valence-electron chi connectivity index (χ0n) is 41.0. The Morgan fingerprint density at radius 1 is 0.422 bits per heavy atom. The summed E-state index contributed by atoms with van der Waals surface area (Å²) in [5.74, 6) is -1.49. The number of phosphoric acid groups is 1. The maximum atomic E-state index is 12.8. The summed E-state index contributed by atoms with van der Waals surface area (Å²) in [6.45, 7) is 4.54. The van der Waals surface area contributed by atoms with Crippen LogP contribution >= 0.6 is 7.82 Å². The van der Waals surface area contributed by atoms with Crippen molar-refractivity contribution in [1.82, 2.24) is 0 Å². The van der Waals surface area contributed by atoms with E-state index in [2.05, 4.69) is 57.2 Å². The van der Waals surface area contributed by atoms with Crippen LogP contribution in [0.3, 0.4) is 0 Å². The normalized spacial score (nSPS) is 13.8. The molecule has 0 aliphatic rings. The molecule has 0 aliphatic heterocycles. The quantitative estimate of drug-likeness (QED) is 0.0197. The van der Waals surface area contributed by atoms with Crippen LogP contribution in [0.25, 0.3) is 0 Å². The summed E-state index contributed by atoms with van der Waals surface area (Å²) < 4.78 is 39.3. The number of hydrogen-bond acceptors (Lipinski definition) is 10. The molecule has 0 aromatic carbocycles. The Balaban J connectivity index is 4.74. The van der Waals surface area contributed by atoms with Gasteiger partial charge in [0.2, 0.25) is 0 Å². The monoisotopic (exact) mass is 927 g/mol. The zero-order chi connectivity index (χ0) is 47.0. The second kappa shape index (κ2) is 47.2. The fourth-order valence-corrected chi connectivity index (χ4v) is 7.76. The number of aliphatic hydroxyl groups excluding tert-OH is 1. The molecule has 64 heavy (non-hydrogen) atoms. The third-order valence-electron chi connectivity index (χ3n) is 11.0. The van der Waals surface area contributed by atoms with Crippen molar-refractivity contribution >= 4 is 25.7 Å². The van der Waals surface area contributed by atoms with Crippen LogP contribution in [0.2, 0.25) is 0 Å². The van der Waals surface area contributed by atoms with Gasteiger partial charge in [0.25, 0.3) is 0 Å². The van der Waals surface area contributed by atoms with Crippen molar-refractivity contribution in [1.29, 1.82) is 0 Å². The summed E-state index contributed by atoms with van der Waals surface area (Å²) in [6, 6.07) is 0. The van der Waals surface area contributed by atoms with E-state index >= 15 is 0 Å². The summed E-state index contributed by atoms with van der Waals surface area (Å²) in [6.07, 6.45) is 45.4. The van der Waals surface area contributed by atoms with Crippen molar-refractivity contribution in [2.75, 3.05) is 26.4 Å². The van der Waals surface area contributed by atoms with E-state index in [0.29, 0.717) is 19.3 Å². The minimum absolute atomic E-state index is 0.157. The molecule has 0 bridgehead atoms. The van der Waals surface area contributed by atoms with Crippen molar-refractivity contribution in [2.24, 2.45) is 0 Å². The van der Waals surface area contributed by atoms with E-state index in [1.165, 1.54) is 64.2 Å². The van der Waals surface area contributed by atoms with Crippen molar-refractivity contribution in [3.8, 4) is 0 Å². The maximum Gasteiger partial charge on any atom is 0.472 e. The lowest BCUT2D eigenvalue weighted by molar-refractivity contribution is -0.161. The predicted octanol–water partition coefficient (Wildman–Crippen LogP) is 14.5. The second-order valence-electron chi connectivity index (χ2n) is 17.3. The molecule has 3 unspecified atom stereocenters. The molecule has 0 aliphatic carbocycles. The van der Waals surface area contributed by atoms with Crippen LogP contribution < -0.4 is 0 Å². The summed E-state index contributed by atoms with van der Waals surface area (Å²) in [4.78, 5) is 48.2. The molecule has 0 amide bonds. The molecule has 0 radical (unpaired) electrons. The standard InChI is InChI=1S/C52H95O11P/c1-4-7-10-13-16-19-22-24-27-30-33-36-39-42-51(55)62-48(44-53)46-60-64(57,58)61-47-49(45-59-50(54)41-38-35-32-29-26-21-18-15-12-9-6-3)63-52(56)43-40-37-34-31-28-25-23-20-17-14-11-8-5-2/h15,18-20,22-23,48-49,53H,4-14,16-17,21,24-47H2,1-3H3,(H,57,58)/b18-15-,22-19-,23-20-. The molecular formula is C52H95O11P. The number of ether oxygens (including phenoxy) is 3. The van der Waals surface area contributed by atoms with Crippen molar-refractivity contribution in [3.63, 3.8) is 0 Å². The first kappa shape index (κ1) is 61.7. The first-order chi connectivity index (χ1) is 31.2. The summed E-state index contributed by atoms with van der Waals surface area (Å²) in [7, 11) is -4.74. The van der Waals surface area contributed by atoms with Gasteiger partial charge in [0.15, 0.2) is 6.10 Å². The van der Waals surface area contributed by atoms with Gasteiger partial charge in [-0.25, -0.2) is 4.57 Å². The number of allylic oxidation sites excluding steroid dienone is 6. The molecular weight excluding hydrogens is 832 g/mol. The van der Waals surface area contributed by atoms with E-state index < -0.39 is 57.8 Å². The number of aliphatic hydroxyl groups is 1. The molecule has 0 aromatic rings. The van der Waals surface area contributed by atoms with E-state index in [1.54, 1.807) is 0 Å². The van der Waals surface area contributed by atoms with Crippen LogP contribution in [0.1, 0.15) is 239 Å². The molecule has 0 saturated carbocycles. The highest BCUT2D eigenvalue weighted by molar-refractivity contribution is 7.47. The van der Waals surface area contributed by atoms with E-state index in [4.69, 9.17) is 23.3 Å². The number of unbranched alkanes of at least 4 members (excludes halogenated alkanes) is 25. The summed E-state index contributed by atoms with van der Waals surface area (Å²) >= 11 is 0. The smallest absolute Gasteiger partial charge is 0.462 e. The molecule has 0 rings (SSSR count). The fourth-order valence-electron chi connectivity index (χ4n) is 6.97. The van der Waals surface area contributed by atoms with Crippen LogP contribution in [0.5, 0.6) is 0 Å². The maximum absolute atomic E-state index is 12.8. The first-order valence-corrected chi connectivity index (χ1v) is 27.4. The minimum Gasteiger partial charge on any atom is -0.462 e. The Morgan fingerprint density at radius 2 is 0.734 bits per heavy atom. The van der Waals surface area contributed by atoms with Crippen LogP contribution in [0.4, 0.5) is 0 Å². The van der Waals surface area contributed by atoms with Crippen LogP contribution in [0, 0.1) is 0 Å². The third kappa shape index (κ3) is 44.9. The van der Waals surface area contributed by atoms with Gasteiger partial charge < -0.3 is 24.2 Å². The Morgan fingerprint density at radius 3 is 1.12 bits per heavy atom. The SMILES string of the molecule is CCCC/C=C\CCCCCCCC(=O)OCC(COP(=O)(O)OCC(CO)OC(=O)CCCCCCC/C=C\CCCCCC)OC(=O)CCCCCCC/C=C\CCCCCC. The molecule has 0 fully saturated rings. The fraction of sp³-hybridized carbons (Fsp3) is 0.827. The number of esters is 3. The lowest BCUT2D eigenvalue weighted by Crippen LogP contribution is -2.30. The first-order valence-electron chi connectivity index (χ1n) is 25.9. The number of hydrogen-bond donors (Lipinski definition) is 2. The van der Waals surface area contributed by atoms with Gasteiger partial charge in [0, 0.05) is 19.3 Å². The highest BCUT2D eigenvalue weighted by atomic mass is 31.2. The molecule has 11 nitrogen and oxygen atoms in total. The van der Waals surface area contributed by atoms with Gasteiger partial charge >= 0.3 is 25.7 Å². The van der Waals surface area contributed by atoms with E-state index in [1.807, 2.05) is 0 Å². The van der Waals surface area contributed by atoms with Gasteiger partial charge in [0.05, 0.1) is 19.8 Å². The molecule has 0 heterocycles. The molecule has 0 saturated heterocycles. The van der Waals surface area contributed by atoms with Crippen LogP contribution in [0.15, 0.2) is 36.5 Å². The number of carbonyl (C=O) groups excluding carboxylic acids is 3. The van der Waals surface area contributed by atoms with Gasteiger partial charge in [-0.2, -0.15) is 0 Å². The molecule has 0 aromatic heterocycles. The van der Waals surface area contributed by atoms with Gasteiger partial charge in [0.1, 0.15) is 12.7 Å². The Kier molecular flexibility index (Phi) is 45.5. The van der Waals surface area contributed by atoms with Gasteiger partial charge in [-0.1, -0.05) is 166 Å². The average Bonchev–Trinajstić information content (AvgIpc) is 3.28. The lowest BCUT2D eigenvalue weighted by atomic mass is 10.1. The molecule has 12 heteroatoms. The topological polar surface area (TPSA) is 155 Å². The average molecular weight is 927 g/mol. The Labute approximate surface area is 390 Å². The number of rotatable bonds is 48. The van der Waals surface area contributed by atoms with E-state index in [-0.39, 0.29) is 25.9 Å². The van der Waals surface area contributed by atoms with E-state index in [9.17, 15) is 28.9 Å². The predicted molar refractivity (Wildman–Crippen MR) is 261 cm³/mol. The number of phosphoric ester groups is 1.